The molecule has 0 aliphatic carbocycles. The number of hydrogen-bond donors (Lipinski definition) is 0. The fourth-order valence-corrected chi connectivity index (χ4v) is 10.0. The average molecular weight is 810 g/mol. The normalized spacial score (nSPS) is 11.5. The molecule has 4 heterocycles. The summed E-state index contributed by atoms with van der Waals surface area (Å²) in [6, 6.07) is 70.6. The van der Waals surface area contributed by atoms with E-state index in [0.29, 0.717) is 11.6 Å². The van der Waals surface area contributed by atoms with Crippen molar-refractivity contribution in [1.29, 1.82) is 0 Å². The van der Waals surface area contributed by atoms with Gasteiger partial charge in [-0.1, -0.05) is 146 Å². The molecule has 0 spiro atoms. The number of rotatable bonds is 7. The summed E-state index contributed by atoms with van der Waals surface area (Å²) in [5.41, 5.74) is 13.7. The molecule has 4 aromatic heterocycles. The number of fused-ring (bicyclic) bond motifs is 7. The van der Waals surface area contributed by atoms with Gasteiger partial charge in [-0.05, 0) is 76.9 Å². The van der Waals surface area contributed by atoms with Crippen LogP contribution in [0.5, 0.6) is 0 Å². The predicted molar refractivity (Wildman–Crippen MR) is 257 cm³/mol. The van der Waals surface area contributed by atoms with Gasteiger partial charge < -0.3 is 4.57 Å². The van der Waals surface area contributed by atoms with Crippen molar-refractivity contribution < 1.29 is 0 Å². The van der Waals surface area contributed by atoms with E-state index in [4.69, 9.17) is 19.9 Å². The first-order valence-electron chi connectivity index (χ1n) is 20.7. The van der Waals surface area contributed by atoms with Gasteiger partial charge in [0, 0.05) is 71.3 Å². The monoisotopic (exact) mass is 809 g/mol. The lowest BCUT2D eigenvalue weighted by Crippen LogP contribution is -1.98. The number of hydrogen-bond acceptors (Lipinski definition) is 5. The van der Waals surface area contributed by atoms with Gasteiger partial charge in [-0.15, -0.1) is 11.3 Å². The second kappa shape index (κ2) is 14.9. The molecule has 6 heteroatoms. The SMILES string of the molecule is c1ccc(-c2ccc3sc4c(cc(-c5ncccn5)c5c4c4cc(-c6ccccc6)ccc4n5-c4ccc(-c5cc(-c6ccccc6)nc(-c6ccccc6)n5)cc4)c3c2)cc1. The quantitative estimate of drug-likeness (QED) is 0.161. The minimum atomic E-state index is 0.685. The maximum Gasteiger partial charge on any atom is 0.161 e. The lowest BCUT2D eigenvalue weighted by atomic mass is 9.99. The highest BCUT2D eigenvalue weighted by Gasteiger charge is 2.24. The highest BCUT2D eigenvalue weighted by atomic mass is 32.1. The first-order valence-corrected chi connectivity index (χ1v) is 21.5. The van der Waals surface area contributed by atoms with Crippen LogP contribution in [0.25, 0.3) is 115 Å². The smallest absolute Gasteiger partial charge is 0.161 e. The highest BCUT2D eigenvalue weighted by Crippen LogP contribution is 2.48. The van der Waals surface area contributed by atoms with E-state index in [-0.39, 0.29) is 0 Å². The molecular weight excluding hydrogens is 775 g/mol. The van der Waals surface area contributed by atoms with Crippen molar-refractivity contribution in [1.82, 2.24) is 24.5 Å². The lowest BCUT2D eigenvalue weighted by Gasteiger charge is -2.13. The first kappa shape index (κ1) is 35.8. The van der Waals surface area contributed by atoms with Gasteiger partial charge in [-0.2, -0.15) is 0 Å². The summed E-state index contributed by atoms with van der Waals surface area (Å²) in [4.78, 5) is 19.9. The Labute approximate surface area is 361 Å². The molecule has 0 aliphatic heterocycles. The zero-order chi connectivity index (χ0) is 41.0. The lowest BCUT2D eigenvalue weighted by molar-refractivity contribution is 1.15. The molecule has 5 nitrogen and oxygen atoms in total. The van der Waals surface area contributed by atoms with Crippen LogP contribution in [-0.4, -0.2) is 24.5 Å². The molecule has 0 atom stereocenters. The van der Waals surface area contributed by atoms with Crippen LogP contribution in [0.4, 0.5) is 0 Å². The van der Waals surface area contributed by atoms with Crippen LogP contribution in [0.2, 0.25) is 0 Å². The third kappa shape index (κ3) is 6.16. The Morgan fingerprint density at radius 2 is 0.919 bits per heavy atom. The summed E-state index contributed by atoms with van der Waals surface area (Å²) < 4.78 is 4.89. The standard InChI is InChI=1S/C56H35N5S/c1-5-14-36(15-6-1)41-24-28-50-46(33-41)52-53(47(56-57-30-13-31-58-56)34-45-44-32-42(37-16-7-2-8-17-37)25-29-51(44)62-54(45)52)61(50)43-26-22-39(23-27-43)49-35-48(38-18-9-3-10-19-38)59-55(60-49)40-20-11-4-12-21-40/h1-35H. The Kier molecular flexibility index (Phi) is 8.61. The zero-order valence-corrected chi connectivity index (χ0v) is 34.2. The van der Waals surface area contributed by atoms with E-state index >= 15 is 0 Å². The van der Waals surface area contributed by atoms with Gasteiger partial charge in [-0.3, -0.25) is 0 Å². The molecule has 0 saturated carbocycles. The van der Waals surface area contributed by atoms with Crippen molar-refractivity contribution in [3.05, 3.63) is 213 Å². The maximum atomic E-state index is 5.13. The van der Waals surface area contributed by atoms with Crippen molar-refractivity contribution >= 4 is 53.3 Å². The Morgan fingerprint density at radius 3 is 1.55 bits per heavy atom. The molecule has 0 saturated heterocycles. The minimum Gasteiger partial charge on any atom is -0.308 e. The van der Waals surface area contributed by atoms with E-state index < -0.39 is 0 Å². The minimum absolute atomic E-state index is 0.685. The molecule has 12 rings (SSSR count). The summed E-state index contributed by atoms with van der Waals surface area (Å²) in [5.74, 6) is 1.38. The Bertz CT molecular complexity index is 3530. The molecule has 290 valence electrons. The second-order valence-electron chi connectivity index (χ2n) is 15.5. The van der Waals surface area contributed by atoms with E-state index in [1.807, 2.05) is 66.2 Å². The molecule has 0 unspecified atom stereocenters. The molecular formula is C56H35N5S. The molecule has 0 amide bonds. The van der Waals surface area contributed by atoms with Crippen LogP contribution < -0.4 is 0 Å². The molecule has 62 heavy (non-hydrogen) atoms. The number of benzene rings is 8. The van der Waals surface area contributed by atoms with E-state index in [9.17, 15) is 0 Å². The van der Waals surface area contributed by atoms with Gasteiger partial charge in [-0.25, -0.2) is 19.9 Å². The molecule has 0 aliphatic rings. The number of nitrogens with zero attached hydrogens (tertiary/aromatic N) is 5. The van der Waals surface area contributed by atoms with Gasteiger partial charge in [0.25, 0.3) is 0 Å². The van der Waals surface area contributed by atoms with Crippen LogP contribution in [-0.2, 0) is 0 Å². The van der Waals surface area contributed by atoms with E-state index in [2.05, 4.69) is 162 Å². The highest BCUT2D eigenvalue weighted by molar-refractivity contribution is 7.26. The Morgan fingerprint density at radius 1 is 0.387 bits per heavy atom. The van der Waals surface area contributed by atoms with Gasteiger partial charge in [0.2, 0.25) is 0 Å². The van der Waals surface area contributed by atoms with Crippen molar-refractivity contribution in [2.75, 3.05) is 0 Å². The van der Waals surface area contributed by atoms with Crippen molar-refractivity contribution in [2.24, 2.45) is 0 Å². The molecule has 12 aromatic rings. The van der Waals surface area contributed by atoms with Crippen LogP contribution in [0, 0.1) is 0 Å². The second-order valence-corrected chi connectivity index (χ2v) is 16.5. The van der Waals surface area contributed by atoms with E-state index in [0.717, 1.165) is 50.4 Å². The molecule has 0 radical (unpaired) electrons. The largest absolute Gasteiger partial charge is 0.308 e. The van der Waals surface area contributed by atoms with Crippen LogP contribution in [0.1, 0.15) is 0 Å². The third-order valence-electron chi connectivity index (χ3n) is 11.7. The van der Waals surface area contributed by atoms with Gasteiger partial charge >= 0.3 is 0 Å². The summed E-state index contributed by atoms with van der Waals surface area (Å²) >= 11 is 1.85. The summed E-state index contributed by atoms with van der Waals surface area (Å²) in [6.07, 6.45) is 3.67. The van der Waals surface area contributed by atoms with Crippen molar-refractivity contribution in [3.8, 4) is 73.2 Å². The van der Waals surface area contributed by atoms with Crippen LogP contribution in [0.15, 0.2) is 213 Å². The van der Waals surface area contributed by atoms with Gasteiger partial charge in [0.05, 0.1) is 22.4 Å². The number of thiophene rings is 1. The maximum absolute atomic E-state index is 5.13. The summed E-state index contributed by atoms with van der Waals surface area (Å²) in [6.45, 7) is 0. The van der Waals surface area contributed by atoms with Crippen LogP contribution in [0.3, 0.4) is 0 Å². The third-order valence-corrected chi connectivity index (χ3v) is 12.9. The molecule has 0 N–H and O–H groups in total. The summed E-state index contributed by atoms with van der Waals surface area (Å²) in [7, 11) is 0. The fourth-order valence-electron chi connectivity index (χ4n) is 8.78. The fraction of sp³-hybridized carbons (Fsp3) is 0. The Hall–Kier alpha value is -8.06. The number of aromatic nitrogens is 5. The topological polar surface area (TPSA) is 56.5 Å². The molecule has 0 bridgehead atoms. The van der Waals surface area contributed by atoms with Gasteiger partial charge in [0.1, 0.15) is 0 Å². The molecule has 0 fully saturated rings. The Balaban J connectivity index is 1.11. The molecule has 8 aromatic carbocycles. The van der Waals surface area contributed by atoms with Crippen LogP contribution >= 0.6 is 11.3 Å². The predicted octanol–water partition coefficient (Wildman–Crippen LogP) is 14.7. The van der Waals surface area contributed by atoms with E-state index in [1.165, 1.54) is 53.2 Å². The zero-order valence-electron chi connectivity index (χ0n) is 33.4. The first-order chi connectivity index (χ1) is 30.7. The van der Waals surface area contributed by atoms with Gasteiger partial charge in [0.15, 0.2) is 11.6 Å². The van der Waals surface area contributed by atoms with Crippen molar-refractivity contribution in [3.63, 3.8) is 0 Å². The summed E-state index contributed by atoms with van der Waals surface area (Å²) in [5, 5.41) is 4.80. The van der Waals surface area contributed by atoms with E-state index in [1.54, 1.807) is 0 Å². The van der Waals surface area contributed by atoms with Crippen molar-refractivity contribution in [2.45, 2.75) is 0 Å². The average Bonchev–Trinajstić information content (AvgIpc) is 3.90.